The number of aliphatic hydroxyl groups excluding tert-OH is 1. The molecule has 0 saturated heterocycles. The maximum Gasteiger partial charge on any atom is 0.125 e. The molecule has 1 aliphatic heterocycles. The normalized spacial score (nSPS) is 17.8. The van der Waals surface area contributed by atoms with Gasteiger partial charge in [0.1, 0.15) is 5.75 Å². The Morgan fingerprint density at radius 1 is 1.39 bits per heavy atom. The molecule has 0 aliphatic carbocycles. The van der Waals surface area contributed by atoms with E-state index in [1.54, 1.807) is 6.07 Å². The quantitative estimate of drug-likeness (QED) is 0.731. The molecule has 1 aliphatic rings. The van der Waals surface area contributed by atoms with Crippen LogP contribution < -0.4 is 5.32 Å². The summed E-state index contributed by atoms with van der Waals surface area (Å²) in [7, 11) is 0. The average Bonchev–Trinajstić information content (AvgIpc) is 2.81. The van der Waals surface area contributed by atoms with Gasteiger partial charge in [0.05, 0.1) is 6.61 Å². The van der Waals surface area contributed by atoms with Crippen LogP contribution >= 0.6 is 11.6 Å². The van der Waals surface area contributed by atoms with E-state index in [0.717, 1.165) is 34.1 Å². The van der Waals surface area contributed by atoms with Crippen LogP contribution in [0.15, 0.2) is 24.3 Å². The van der Waals surface area contributed by atoms with Gasteiger partial charge >= 0.3 is 0 Å². The third-order valence-corrected chi connectivity index (χ3v) is 3.94. The van der Waals surface area contributed by atoms with E-state index < -0.39 is 0 Å². The number of phenols is 1. The van der Waals surface area contributed by atoms with E-state index in [1.165, 1.54) is 0 Å². The highest BCUT2D eigenvalue weighted by atomic mass is 35.5. The van der Waals surface area contributed by atoms with Crippen molar-refractivity contribution in [1.29, 1.82) is 0 Å². The van der Waals surface area contributed by atoms with Crippen LogP contribution in [0.2, 0.25) is 0 Å². The number of aliphatic hydroxyl groups is 1. The fourth-order valence-corrected chi connectivity index (χ4v) is 2.99. The molecule has 3 nitrogen and oxygen atoms in total. The van der Waals surface area contributed by atoms with E-state index in [0.29, 0.717) is 5.88 Å². The minimum absolute atomic E-state index is 0.0394. The molecule has 0 spiro atoms. The van der Waals surface area contributed by atoms with Gasteiger partial charge in [-0.25, -0.2) is 0 Å². The molecule has 18 heavy (non-hydrogen) atoms. The zero-order chi connectivity index (χ0) is 12.7. The Balaban J connectivity index is 2.41. The number of nitrogens with one attached hydrogen (secondary N) is 1. The van der Waals surface area contributed by atoms with Crippen LogP contribution in [0.3, 0.4) is 0 Å². The zero-order valence-corrected chi connectivity index (χ0v) is 10.5. The lowest BCUT2D eigenvalue weighted by atomic mass is 9.92. The standard InChI is InChI=1S/C14H14ClNO2/c15-5-9-6-16-11-4-12(18)10-3-1-2-8(7-17)13(10)14(9)11/h1-4,9,16-18H,5-7H2. The highest BCUT2D eigenvalue weighted by molar-refractivity contribution is 6.18. The van der Waals surface area contributed by atoms with Crippen LogP contribution in [0.5, 0.6) is 5.75 Å². The predicted octanol–water partition coefficient (Wildman–Crippen LogP) is 2.79. The van der Waals surface area contributed by atoms with E-state index >= 15 is 0 Å². The largest absolute Gasteiger partial charge is 0.507 e. The summed E-state index contributed by atoms with van der Waals surface area (Å²) in [6.07, 6.45) is 0. The van der Waals surface area contributed by atoms with Crippen LogP contribution in [0.1, 0.15) is 17.0 Å². The van der Waals surface area contributed by atoms with Crippen molar-refractivity contribution in [3.63, 3.8) is 0 Å². The smallest absolute Gasteiger partial charge is 0.125 e. The summed E-state index contributed by atoms with van der Waals surface area (Å²) in [5.74, 6) is 0.985. The summed E-state index contributed by atoms with van der Waals surface area (Å²) in [5, 5.41) is 24.5. The first-order valence-electron chi connectivity index (χ1n) is 5.94. The van der Waals surface area contributed by atoms with Gasteiger partial charge in [-0.05, 0) is 16.5 Å². The second-order valence-corrected chi connectivity index (χ2v) is 4.90. The molecule has 2 aromatic rings. The minimum atomic E-state index is -0.0394. The maximum absolute atomic E-state index is 10.1. The lowest BCUT2D eigenvalue weighted by Crippen LogP contribution is -2.03. The van der Waals surface area contributed by atoms with E-state index in [2.05, 4.69) is 5.32 Å². The number of alkyl halides is 1. The molecular formula is C14H14ClNO2. The van der Waals surface area contributed by atoms with Crippen molar-refractivity contribution in [2.24, 2.45) is 0 Å². The Bertz CT molecular complexity index is 612. The molecule has 0 bridgehead atoms. The highest BCUT2D eigenvalue weighted by Crippen LogP contribution is 2.43. The molecule has 1 atom stereocenters. The first kappa shape index (κ1) is 11.6. The number of fused-ring (bicyclic) bond motifs is 3. The molecular weight excluding hydrogens is 250 g/mol. The van der Waals surface area contributed by atoms with E-state index in [4.69, 9.17) is 11.6 Å². The number of hydrogen-bond donors (Lipinski definition) is 3. The number of rotatable bonds is 2. The Morgan fingerprint density at radius 3 is 2.94 bits per heavy atom. The molecule has 94 valence electrons. The van der Waals surface area contributed by atoms with Gasteiger partial charge in [0.15, 0.2) is 0 Å². The molecule has 0 fully saturated rings. The van der Waals surface area contributed by atoms with Gasteiger partial charge < -0.3 is 15.5 Å². The van der Waals surface area contributed by atoms with Crippen molar-refractivity contribution in [2.75, 3.05) is 17.7 Å². The van der Waals surface area contributed by atoms with Gasteiger partial charge in [-0.15, -0.1) is 11.6 Å². The van der Waals surface area contributed by atoms with Crippen LogP contribution in [0, 0.1) is 0 Å². The highest BCUT2D eigenvalue weighted by Gasteiger charge is 2.26. The van der Waals surface area contributed by atoms with Crippen LogP contribution in [0.25, 0.3) is 10.8 Å². The molecule has 4 heteroatoms. The fraction of sp³-hybridized carbons (Fsp3) is 0.286. The van der Waals surface area contributed by atoms with Gasteiger partial charge in [-0.2, -0.15) is 0 Å². The number of anilines is 1. The van der Waals surface area contributed by atoms with Gasteiger partial charge in [0.25, 0.3) is 0 Å². The summed E-state index contributed by atoms with van der Waals surface area (Å²) in [6.45, 7) is 0.736. The van der Waals surface area contributed by atoms with Crippen molar-refractivity contribution >= 4 is 28.1 Å². The summed E-state index contributed by atoms with van der Waals surface area (Å²) < 4.78 is 0. The monoisotopic (exact) mass is 263 g/mol. The second-order valence-electron chi connectivity index (χ2n) is 4.59. The van der Waals surface area contributed by atoms with Crippen LogP contribution in [-0.2, 0) is 6.61 Å². The van der Waals surface area contributed by atoms with Crippen molar-refractivity contribution in [2.45, 2.75) is 12.5 Å². The zero-order valence-electron chi connectivity index (χ0n) is 9.78. The summed E-state index contributed by atoms with van der Waals surface area (Å²) >= 11 is 6.01. The number of hydrogen-bond acceptors (Lipinski definition) is 3. The predicted molar refractivity (Wildman–Crippen MR) is 73.5 cm³/mol. The van der Waals surface area contributed by atoms with Crippen molar-refractivity contribution in [3.05, 3.63) is 35.4 Å². The Morgan fingerprint density at radius 2 is 2.22 bits per heavy atom. The number of phenolic OH excluding ortho intramolecular Hbond substituents is 1. The number of benzene rings is 2. The number of aromatic hydroxyl groups is 1. The van der Waals surface area contributed by atoms with Crippen molar-refractivity contribution < 1.29 is 10.2 Å². The van der Waals surface area contributed by atoms with Crippen molar-refractivity contribution in [3.8, 4) is 5.75 Å². The Kier molecular flexibility index (Phi) is 2.80. The van der Waals surface area contributed by atoms with Gasteiger partial charge in [0.2, 0.25) is 0 Å². The first-order chi connectivity index (χ1) is 8.76. The lowest BCUT2D eigenvalue weighted by Gasteiger charge is -2.14. The van der Waals surface area contributed by atoms with E-state index in [-0.39, 0.29) is 18.3 Å². The lowest BCUT2D eigenvalue weighted by molar-refractivity contribution is 0.283. The van der Waals surface area contributed by atoms with E-state index in [1.807, 2.05) is 18.2 Å². The van der Waals surface area contributed by atoms with Crippen LogP contribution in [-0.4, -0.2) is 22.6 Å². The molecule has 2 aromatic carbocycles. The first-order valence-corrected chi connectivity index (χ1v) is 6.48. The maximum atomic E-state index is 10.1. The molecule has 0 amide bonds. The fourth-order valence-electron chi connectivity index (χ4n) is 2.73. The topological polar surface area (TPSA) is 52.5 Å². The molecule has 0 aromatic heterocycles. The third kappa shape index (κ3) is 1.55. The van der Waals surface area contributed by atoms with Gasteiger partial charge in [0, 0.05) is 35.5 Å². The van der Waals surface area contributed by atoms with Gasteiger partial charge in [-0.1, -0.05) is 18.2 Å². The summed E-state index contributed by atoms with van der Waals surface area (Å²) in [5.41, 5.74) is 2.87. The molecule has 0 radical (unpaired) electrons. The Labute approximate surface area is 110 Å². The second kappa shape index (κ2) is 4.34. The minimum Gasteiger partial charge on any atom is -0.507 e. The molecule has 1 unspecified atom stereocenters. The molecule has 1 heterocycles. The average molecular weight is 264 g/mol. The van der Waals surface area contributed by atoms with Gasteiger partial charge in [-0.3, -0.25) is 0 Å². The Hall–Kier alpha value is -1.45. The molecule has 3 N–H and O–H groups in total. The van der Waals surface area contributed by atoms with E-state index in [9.17, 15) is 10.2 Å². The number of halogens is 1. The molecule has 3 rings (SSSR count). The summed E-state index contributed by atoms with van der Waals surface area (Å²) in [6, 6.07) is 7.34. The molecule has 0 saturated carbocycles. The summed E-state index contributed by atoms with van der Waals surface area (Å²) in [4.78, 5) is 0. The SMILES string of the molecule is OCc1cccc2c(O)cc3c(c12)C(CCl)CN3. The third-order valence-electron chi connectivity index (χ3n) is 3.57. The van der Waals surface area contributed by atoms with Crippen molar-refractivity contribution in [1.82, 2.24) is 0 Å². The van der Waals surface area contributed by atoms with Crippen LogP contribution in [0.4, 0.5) is 5.69 Å².